The normalized spacial score (nSPS) is 5.40. The van der Waals surface area contributed by atoms with Gasteiger partial charge in [-0.2, -0.15) is 0 Å². The number of hydrogen-bond donors (Lipinski definition) is 0. The van der Waals surface area contributed by atoms with Crippen molar-refractivity contribution in [3.63, 3.8) is 0 Å². The molecule has 1 radical (unpaired) electrons. The molecule has 5 heteroatoms. The molecule has 0 unspecified atom stereocenters. The minimum absolute atomic E-state index is 0. The summed E-state index contributed by atoms with van der Waals surface area (Å²) >= 11 is 0. The molecule has 0 aliphatic heterocycles. The van der Waals surface area contributed by atoms with Gasteiger partial charge in [0, 0.05) is 0 Å². The Kier molecular flexibility index (Phi) is 10.1. The Morgan fingerprint density at radius 3 is 1.00 bits per heavy atom. The maximum atomic E-state index is 8.42. The quantitative estimate of drug-likeness (QED) is 0.377. The van der Waals surface area contributed by atoms with Gasteiger partial charge in [0.15, 0.2) is 0 Å². The van der Waals surface area contributed by atoms with E-state index in [2.05, 4.69) is 0 Å². The van der Waals surface area contributed by atoms with Crippen LogP contribution >= 0.6 is 0 Å². The van der Waals surface area contributed by atoms with E-state index < -0.39 is 7.32 Å². The third kappa shape index (κ3) is 34.3. The smallest absolute Gasteiger partial charge is 0.907 e. The fourth-order valence-electron chi connectivity index (χ4n) is 0. The van der Waals surface area contributed by atoms with Gasteiger partial charge >= 0.3 is 40.8 Å². The van der Waals surface area contributed by atoms with Crippen molar-refractivity contribution in [2.45, 2.75) is 0 Å². The largest absolute Gasteiger partial charge is 3.00 e. The topological polar surface area (TPSA) is 69.2 Å². The van der Waals surface area contributed by atoms with E-state index in [1.54, 1.807) is 0 Å². The van der Waals surface area contributed by atoms with Gasteiger partial charge in [-0.3, -0.25) is 7.32 Å². The Hall–Kier alpha value is 1.30. The van der Waals surface area contributed by atoms with Crippen molar-refractivity contribution in [1.82, 2.24) is 0 Å². The Morgan fingerprint density at radius 2 is 1.00 bits per heavy atom. The van der Waals surface area contributed by atoms with Gasteiger partial charge in [0.1, 0.15) is 0 Å². The summed E-state index contributed by atoms with van der Waals surface area (Å²) in [5.74, 6) is 0. The average molecular weight is 203 g/mol. The molecule has 25 valence electrons. The summed E-state index contributed by atoms with van der Waals surface area (Å²) in [5, 5.41) is 25.2. The van der Waals surface area contributed by atoms with Gasteiger partial charge in [0.05, 0.1) is 0 Å². The number of hydrogen-bond acceptors (Lipinski definition) is 3. The predicted octanol–water partition coefficient (Wildman–Crippen LogP) is -3.95. The first-order valence-electron chi connectivity index (χ1n) is 0.707. The fourth-order valence-corrected chi connectivity index (χ4v) is 0. The van der Waals surface area contributed by atoms with Gasteiger partial charge in [-0.05, 0) is 0 Å². The molecule has 0 amide bonds. The Morgan fingerprint density at radius 1 is 1.00 bits per heavy atom. The van der Waals surface area contributed by atoms with Crippen LogP contribution in [0.5, 0.6) is 0 Å². The van der Waals surface area contributed by atoms with E-state index in [1.807, 2.05) is 0 Å². The molecule has 0 bridgehead atoms. The van der Waals surface area contributed by atoms with Gasteiger partial charge in [-0.15, -0.1) is 0 Å². The van der Waals surface area contributed by atoms with Crippen LogP contribution in [0.1, 0.15) is 0 Å². The Balaban J connectivity index is 0. The van der Waals surface area contributed by atoms with E-state index in [1.165, 1.54) is 0 Å². The molecule has 0 N–H and O–H groups in total. The molecule has 0 aliphatic carbocycles. The molecule has 5 heavy (non-hydrogen) atoms. The van der Waals surface area contributed by atoms with Crippen LogP contribution in [0.15, 0.2) is 0 Å². The van der Waals surface area contributed by atoms with E-state index in [0.717, 1.165) is 0 Å². The molecule has 3 nitrogen and oxygen atoms in total. The first-order chi connectivity index (χ1) is 1.73. The second-order valence-electron chi connectivity index (χ2n) is 0.289. The molecule has 0 atom stereocenters. The van der Waals surface area contributed by atoms with E-state index in [-0.39, 0.29) is 40.8 Å². The third-order valence-electron chi connectivity index (χ3n) is 0. The maximum Gasteiger partial charge on any atom is 3.00 e. The molecule has 0 aliphatic rings. The van der Waals surface area contributed by atoms with E-state index >= 15 is 0 Å². The van der Waals surface area contributed by atoms with E-state index in [9.17, 15) is 0 Å². The minimum atomic E-state index is -2.92. The van der Waals surface area contributed by atoms with Gasteiger partial charge in [-0.1, -0.05) is 0 Å². The van der Waals surface area contributed by atoms with Crippen molar-refractivity contribution in [2.75, 3.05) is 0 Å². The summed E-state index contributed by atoms with van der Waals surface area (Å²) in [6.07, 6.45) is 0. The van der Waals surface area contributed by atoms with Gasteiger partial charge in [0.2, 0.25) is 0 Å². The second-order valence-corrected chi connectivity index (χ2v) is 0.289. The molecule has 0 saturated heterocycles. The zero-order valence-corrected chi connectivity index (χ0v) is 5.51. The van der Waals surface area contributed by atoms with Crippen molar-refractivity contribution in [2.24, 2.45) is 0 Å². The zero-order chi connectivity index (χ0) is 3.58. The summed E-state index contributed by atoms with van der Waals surface area (Å²) < 4.78 is 0. The van der Waals surface area contributed by atoms with Crippen molar-refractivity contribution in [3.05, 3.63) is 0 Å². The van der Waals surface area contributed by atoms with Crippen LogP contribution in [0.25, 0.3) is 0 Å². The maximum absolute atomic E-state index is 8.42. The van der Waals surface area contributed by atoms with Crippen molar-refractivity contribution < 1.29 is 55.9 Å². The Bertz CT molecular complexity index is 11.6. The standard InChI is InChI=1S/BO3.Nd/c2-1(3)4;/q-3;+3. The second kappa shape index (κ2) is 5.30. The summed E-state index contributed by atoms with van der Waals surface area (Å²) in [5.41, 5.74) is 0. The molecule has 0 aromatic carbocycles. The van der Waals surface area contributed by atoms with Gasteiger partial charge in [-0.25, -0.2) is 0 Å². The SMILES string of the molecule is [Nd+3].[O-]B([O-])[O-]. The summed E-state index contributed by atoms with van der Waals surface area (Å²) in [4.78, 5) is 0. The number of rotatable bonds is 0. The fraction of sp³-hybridized carbons (Fsp3) is 0. The van der Waals surface area contributed by atoms with Gasteiger partial charge < -0.3 is 15.1 Å². The molecule has 0 heterocycles. The molecule has 0 fully saturated rings. The molecule has 0 saturated carbocycles. The Labute approximate surface area is 62.7 Å². The average Bonchev–Trinajstić information content (AvgIpc) is 0.811. The van der Waals surface area contributed by atoms with Crippen LogP contribution in [-0.4, -0.2) is 7.32 Å². The van der Waals surface area contributed by atoms with Gasteiger partial charge in [0.25, 0.3) is 0 Å². The molecular formula is BNdO3. The first kappa shape index (κ1) is 9.57. The van der Waals surface area contributed by atoms with Crippen LogP contribution in [0.3, 0.4) is 0 Å². The third-order valence-corrected chi connectivity index (χ3v) is 0. The van der Waals surface area contributed by atoms with Crippen LogP contribution in [-0.2, 0) is 0 Å². The van der Waals surface area contributed by atoms with Crippen LogP contribution < -0.4 is 15.1 Å². The molecule has 0 spiro atoms. The van der Waals surface area contributed by atoms with Crippen molar-refractivity contribution in [1.29, 1.82) is 0 Å². The van der Waals surface area contributed by atoms with Crippen LogP contribution in [0.2, 0.25) is 0 Å². The van der Waals surface area contributed by atoms with Crippen LogP contribution in [0, 0.1) is 40.8 Å². The summed E-state index contributed by atoms with van der Waals surface area (Å²) in [7, 11) is -2.92. The van der Waals surface area contributed by atoms with E-state index in [0.29, 0.717) is 0 Å². The minimum Gasteiger partial charge on any atom is -0.907 e. The molecule has 0 aromatic heterocycles. The van der Waals surface area contributed by atoms with Crippen LogP contribution in [0.4, 0.5) is 0 Å². The molecule has 0 aromatic rings. The monoisotopic (exact) mass is 201 g/mol. The molecule has 0 rings (SSSR count). The summed E-state index contributed by atoms with van der Waals surface area (Å²) in [6.45, 7) is 0. The molecular weight excluding hydrogens is 203 g/mol. The zero-order valence-electron chi connectivity index (χ0n) is 2.30. The first-order valence-corrected chi connectivity index (χ1v) is 0.707. The summed E-state index contributed by atoms with van der Waals surface area (Å²) in [6, 6.07) is 0. The van der Waals surface area contributed by atoms with Crippen molar-refractivity contribution in [3.8, 4) is 0 Å². The predicted molar refractivity (Wildman–Crippen MR) is 5.75 cm³/mol. The van der Waals surface area contributed by atoms with Crippen molar-refractivity contribution >= 4 is 7.32 Å². The van der Waals surface area contributed by atoms with E-state index in [4.69, 9.17) is 15.1 Å².